The molecule has 0 spiro atoms. The lowest BCUT2D eigenvalue weighted by atomic mass is 10.0. The summed E-state index contributed by atoms with van der Waals surface area (Å²) in [5.41, 5.74) is 5.29. The zero-order valence-electron chi connectivity index (χ0n) is 9.46. The van der Waals surface area contributed by atoms with Crippen LogP contribution in [0, 0.1) is 15.9 Å². The number of benzene rings is 1. The Labute approximate surface area is 108 Å². The molecule has 100 valence electrons. The fourth-order valence-corrected chi connectivity index (χ4v) is 1.36. The van der Waals surface area contributed by atoms with E-state index in [1.54, 1.807) is 0 Å². The van der Waals surface area contributed by atoms with Crippen molar-refractivity contribution < 1.29 is 18.8 Å². The van der Waals surface area contributed by atoms with Gasteiger partial charge in [-0.15, -0.1) is 12.4 Å². The van der Waals surface area contributed by atoms with Crippen molar-refractivity contribution >= 4 is 24.1 Å². The van der Waals surface area contributed by atoms with Gasteiger partial charge in [0.2, 0.25) is 0 Å². The number of esters is 1. The molecule has 0 heterocycles. The molecule has 1 rings (SSSR count). The van der Waals surface area contributed by atoms with Gasteiger partial charge in [-0.05, 0) is 12.1 Å². The number of hydrogen-bond acceptors (Lipinski definition) is 5. The van der Waals surface area contributed by atoms with Gasteiger partial charge in [0, 0.05) is 11.6 Å². The number of nitro benzene ring substituents is 1. The Morgan fingerprint density at radius 1 is 1.61 bits per heavy atom. The molecule has 18 heavy (non-hydrogen) atoms. The Kier molecular flexibility index (Phi) is 6.21. The Hall–Kier alpha value is -1.73. The summed E-state index contributed by atoms with van der Waals surface area (Å²) in [4.78, 5) is 21.0. The predicted molar refractivity (Wildman–Crippen MR) is 63.9 cm³/mol. The molecule has 0 aliphatic carbocycles. The largest absolute Gasteiger partial charge is 0.469 e. The van der Waals surface area contributed by atoms with Crippen LogP contribution in [0.25, 0.3) is 0 Å². The van der Waals surface area contributed by atoms with Gasteiger partial charge >= 0.3 is 5.97 Å². The summed E-state index contributed by atoms with van der Waals surface area (Å²) in [6, 6.07) is 2.12. The highest BCUT2D eigenvalue weighted by molar-refractivity contribution is 5.85. The van der Waals surface area contributed by atoms with Crippen molar-refractivity contribution in [3.05, 3.63) is 39.7 Å². The van der Waals surface area contributed by atoms with Gasteiger partial charge in [0.25, 0.3) is 5.69 Å². The Bertz CT molecular complexity index is 456. The van der Waals surface area contributed by atoms with E-state index < -0.39 is 28.4 Å². The minimum Gasteiger partial charge on any atom is -0.469 e. The molecule has 0 unspecified atom stereocenters. The van der Waals surface area contributed by atoms with Crippen LogP contribution in [0.3, 0.4) is 0 Å². The van der Waals surface area contributed by atoms with Crippen LogP contribution < -0.4 is 5.73 Å². The minimum atomic E-state index is -0.900. The number of nitro groups is 1. The van der Waals surface area contributed by atoms with Gasteiger partial charge in [-0.2, -0.15) is 0 Å². The van der Waals surface area contributed by atoms with Crippen molar-refractivity contribution in [1.29, 1.82) is 0 Å². The molecule has 1 aromatic rings. The summed E-state index contributed by atoms with van der Waals surface area (Å²) in [6.07, 6.45) is -0.205. The van der Waals surface area contributed by atoms with Gasteiger partial charge < -0.3 is 10.5 Å². The Balaban J connectivity index is 0.00000289. The van der Waals surface area contributed by atoms with E-state index >= 15 is 0 Å². The maximum atomic E-state index is 12.9. The molecular weight excluding hydrogens is 267 g/mol. The zero-order chi connectivity index (χ0) is 13.0. The number of rotatable bonds is 4. The second-order valence-corrected chi connectivity index (χ2v) is 3.35. The van der Waals surface area contributed by atoms with E-state index in [9.17, 15) is 19.3 Å². The lowest BCUT2D eigenvalue weighted by molar-refractivity contribution is -0.385. The van der Waals surface area contributed by atoms with E-state index in [-0.39, 0.29) is 24.4 Å². The van der Waals surface area contributed by atoms with Crippen LogP contribution in [0.5, 0.6) is 0 Å². The molecule has 0 aromatic heterocycles. The number of methoxy groups -OCH3 is 1. The van der Waals surface area contributed by atoms with Gasteiger partial charge in [0.15, 0.2) is 0 Å². The van der Waals surface area contributed by atoms with E-state index in [2.05, 4.69) is 4.74 Å². The summed E-state index contributed by atoms with van der Waals surface area (Å²) in [7, 11) is 1.19. The van der Waals surface area contributed by atoms with Gasteiger partial charge in [-0.3, -0.25) is 14.9 Å². The highest BCUT2D eigenvalue weighted by Gasteiger charge is 2.22. The Morgan fingerprint density at radius 2 is 2.22 bits per heavy atom. The van der Waals surface area contributed by atoms with E-state index in [1.807, 2.05) is 0 Å². The SMILES string of the molecule is COC(=O)C[C@@H](N)c1ccc(F)cc1[N+](=O)[O-].Cl. The molecule has 0 aliphatic rings. The van der Waals surface area contributed by atoms with Crippen molar-refractivity contribution in [2.45, 2.75) is 12.5 Å². The topological polar surface area (TPSA) is 95.5 Å². The van der Waals surface area contributed by atoms with E-state index in [0.29, 0.717) is 0 Å². The number of nitrogens with zero attached hydrogens (tertiary/aromatic N) is 1. The first-order valence-corrected chi connectivity index (χ1v) is 4.72. The molecule has 1 aromatic carbocycles. The van der Waals surface area contributed by atoms with Crippen molar-refractivity contribution in [3.63, 3.8) is 0 Å². The molecule has 2 N–H and O–H groups in total. The van der Waals surface area contributed by atoms with Crippen LogP contribution in [0.2, 0.25) is 0 Å². The third-order valence-electron chi connectivity index (χ3n) is 2.20. The summed E-state index contributed by atoms with van der Waals surface area (Å²) < 4.78 is 17.3. The monoisotopic (exact) mass is 278 g/mol. The fraction of sp³-hybridized carbons (Fsp3) is 0.300. The van der Waals surface area contributed by atoms with Crippen molar-refractivity contribution in [3.8, 4) is 0 Å². The summed E-state index contributed by atoms with van der Waals surface area (Å²) in [6.45, 7) is 0. The normalized spacial score (nSPS) is 11.3. The number of hydrogen-bond donors (Lipinski definition) is 1. The summed E-state index contributed by atoms with van der Waals surface area (Å²) in [5.74, 6) is -1.32. The van der Waals surface area contributed by atoms with Crippen molar-refractivity contribution in [2.24, 2.45) is 5.73 Å². The molecule has 0 aliphatic heterocycles. The second kappa shape index (κ2) is 6.87. The van der Waals surface area contributed by atoms with Gasteiger partial charge in [-0.25, -0.2) is 4.39 Å². The number of ether oxygens (including phenoxy) is 1. The quantitative estimate of drug-likeness (QED) is 0.514. The van der Waals surface area contributed by atoms with Gasteiger partial charge in [0.1, 0.15) is 5.82 Å². The van der Waals surface area contributed by atoms with Crippen LogP contribution in [-0.4, -0.2) is 18.0 Å². The zero-order valence-corrected chi connectivity index (χ0v) is 10.3. The van der Waals surface area contributed by atoms with E-state index in [0.717, 1.165) is 12.1 Å². The van der Waals surface area contributed by atoms with Crippen molar-refractivity contribution in [1.82, 2.24) is 0 Å². The van der Waals surface area contributed by atoms with Crippen LogP contribution in [0.4, 0.5) is 10.1 Å². The highest BCUT2D eigenvalue weighted by Crippen LogP contribution is 2.26. The minimum absolute atomic E-state index is 0. The molecule has 0 bridgehead atoms. The number of nitrogens with two attached hydrogens (primary N) is 1. The third-order valence-corrected chi connectivity index (χ3v) is 2.20. The first kappa shape index (κ1) is 16.3. The Morgan fingerprint density at radius 3 is 2.72 bits per heavy atom. The average molecular weight is 279 g/mol. The van der Waals surface area contributed by atoms with Crippen molar-refractivity contribution in [2.75, 3.05) is 7.11 Å². The van der Waals surface area contributed by atoms with E-state index in [4.69, 9.17) is 5.73 Å². The molecule has 0 saturated heterocycles. The molecule has 1 atom stereocenters. The van der Waals surface area contributed by atoms with E-state index in [1.165, 1.54) is 13.2 Å². The molecule has 0 amide bonds. The summed E-state index contributed by atoms with van der Waals surface area (Å²) in [5, 5.41) is 10.7. The first-order valence-electron chi connectivity index (χ1n) is 4.72. The number of carbonyl (C=O) groups is 1. The van der Waals surface area contributed by atoms with Crippen LogP contribution >= 0.6 is 12.4 Å². The van der Waals surface area contributed by atoms with Gasteiger partial charge in [-0.1, -0.05) is 0 Å². The van der Waals surface area contributed by atoms with Crippen LogP contribution in [0.1, 0.15) is 18.0 Å². The molecule has 8 heteroatoms. The van der Waals surface area contributed by atoms with Gasteiger partial charge in [0.05, 0.1) is 24.5 Å². The lowest BCUT2D eigenvalue weighted by Crippen LogP contribution is -2.17. The van der Waals surface area contributed by atoms with Crippen LogP contribution in [0.15, 0.2) is 18.2 Å². The third kappa shape index (κ3) is 3.94. The fourth-order valence-electron chi connectivity index (χ4n) is 1.36. The lowest BCUT2D eigenvalue weighted by Gasteiger charge is -2.10. The molecule has 6 nitrogen and oxygen atoms in total. The maximum absolute atomic E-state index is 12.9. The second-order valence-electron chi connectivity index (χ2n) is 3.35. The number of halogens is 2. The summed E-state index contributed by atoms with van der Waals surface area (Å²) >= 11 is 0. The average Bonchev–Trinajstić information content (AvgIpc) is 2.28. The van der Waals surface area contributed by atoms with Crippen LogP contribution in [-0.2, 0) is 9.53 Å². The molecule has 0 saturated carbocycles. The first-order chi connectivity index (χ1) is 7.95. The highest BCUT2D eigenvalue weighted by atomic mass is 35.5. The number of carbonyl (C=O) groups excluding carboxylic acids is 1. The molecule has 0 fully saturated rings. The maximum Gasteiger partial charge on any atom is 0.307 e. The predicted octanol–water partition coefficient (Wildman–Crippen LogP) is 1.72. The smallest absolute Gasteiger partial charge is 0.307 e. The standard InChI is InChI=1S/C10H11FN2O4.ClH/c1-17-10(14)5-8(12)7-3-2-6(11)4-9(7)13(15)16;/h2-4,8H,5,12H2,1H3;1H/t8-;/m1./s1. The molecular formula is C10H12ClFN2O4. The molecule has 0 radical (unpaired) electrons.